The van der Waals surface area contributed by atoms with Crippen LogP contribution in [0.2, 0.25) is 0 Å². The summed E-state index contributed by atoms with van der Waals surface area (Å²) in [6, 6.07) is 7.56. The van der Waals surface area contributed by atoms with E-state index in [-0.39, 0.29) is 0 Å². The monoisotopic (exact) mass is 260 g/mol. The van der Waals surface area contributed by atoms with Crippen LogP contribution >= 0.6 is 0 Å². The normalized spacial score (nSPS) is 10.9. The van der Waals surface area contributed by atoms with E-state index in [4.69, 9.17) is 9.15 Å². The van der Waals surface area contributed by atoms with Crippen molar-refractivity contribution in [1.29, 1.82) is 0 Å². The highest BCUT2D eigenvalue weighted by Crippen LogP contribution is 2.13. The van der Waals surface area contributed by atoms with Crippen molar-refractivity contribution in [3.05, 3.63) is 48.2 Å². The van der Waals surface area contributed by atoms with Gasteiger partial charge in [-0.05, 0) is 30.7 Å². The van der Waals surface area contributed by atoms with E-state index < -0.39 is 0 Å². The lowest BCUT2D eigenvalue weighted by atomic mass is 10.2. The van der Waals surface area contributed by atoms with Crippen molar-refractivity contribution in [2.45, 2.75) is 27.0 Å². The molecule has 2 rings (SSSR count). The molecule has 1 N–H and O–H groups in total. The van der Waals surface area contributed by atoms with Crippen molar-refractivity contribution in [3.63, 3.8) is 0 Å². The lowest BCUT2D eigenvalue weighted by molar-refractivity contribution is 0.269. The Morgan fingerprint density at radius 3 is 3.00 bits per heavy atom. The van der Waals surface area contributed by atoms with Gasteiger partial charge in [0.1, 0.15) is 18.1 Å². The molecular weight excluding hydrogens is 240 g/mol. The fourth-order valence-corrected chi connectivity index (χ4v) is 1.68. The van der Waals surface area contributed by atoms with Crippen LogP contribution in [0.1, 0.15) is 25.3 Å². The number of hydrogen-bond donors (Lipinski definition) is 1. The summed E-state index contributed by atoms with van der Waals surface area (Å²) in [6.07, 6.45) is 3.41. The predicted octanol–water partition coefficient (Wildman–Crippen LogP) is 3.00. The molecule has 0 saturated heterocycles. The summed E-state index contributed by atoms with van der Waals surface area (Å²) in [7, 11) is 0. The van der Waals surface area contributed by atoms with Gasteiger partial charge in [0.25, 0.3) is 0 Å². The summed E-state index contributed by atoms with van der Waals surface area (Å²) in [6.45, 7) is 6.55. The molecule has 0 aliphatic carbocycles. The Kier molecular flexibility index (Phi) is 4.98. The maximum atomic E-state index is 5.66. The highest BCUT2D eigenvalue weighted by atomic mass is 16.5. The van der Waals surface area contributed by atoms with Gasteiger partial charge in [0.2, 0.25) is 0 Å². The maximum absolute atomic E-state index is 5.66. The zero-order chi connectivity index (χ0) is 13.5. The summed E-state index contributed by atoms with van der Waals surface area (Å²) in [4.78, 5) is 4.32. The fraction of sp³-hybridized carbons (Fsp3) is 0.400. The fourth-order valence-electron chi connectivity index (χ4n) is 1.68. The largest absolute Gasteiger partial charge is 0.486 e. The van der Waals surface area contributed by atoms with Crippen LogP contribution in [-0.4, -0.2) is 11.5 Å². The number of furan rings is 1. The van der Waals surface area contributed by atoms with Gasteiger partial charge in [0, 0.05) is 18.8 Å². The van der Waals surface area contributed by atoms with E-state index in [1.807, 2.05) is 24.3 Å². The molecule has 0 unspecified atom stereocenters. The summed E-state index contributed by atoms with van der Waals surface area (Å²) in [5.74, 6) is 2.27. The molecule has 0 fully saturated rings. The van der Waals surface area contributed by atoms with E-state index in [0.29, 0.717) is 12.5 Å². The number of hydrogen-bond acceptors (Lipinski definition) is 4. The summed E-state index contributed by atoms with van der Waals surface area (Å²) < 4.78 is 10.9. The Labute approximate surface area is 113 Å². The standard InChI is InChI=1S/C15H20N2O2/c1-12(2)9-16-10-13-8-14(5-6-17-13)19-11-15-4-3-7-18-15/h3-8,12,16H,9-11H2,1-2H3. The Bertz CT molecular complexity index is 481. The van der Waals surface area contributed by atoms with Crippen LogP contribution in [0.15, 0.2) is 41.1 Å². The first-order chi connectivity index (χ1) is 9.24. The van der Waals surface area contributed by atoms with Crippen LogP contribution in [0.3, 0.4) is 0 Å². The SMILES string of the molecule is CC(C)CNCc1cc(OCc2ccco2)ccn1. The van der Waals surface area contributed by atoms with E-state index in [0.717, 1.165) is 30.3 Å². The van der Waals surface area contributed by atoms with Crippen LogP contribution < -0.4 is 10.1 Å². The third kappa shape index (κ3) is 4.75. The van der Waals surface area contributed by atoms with Crippen molar-refractivity contribution in [2.75, 3.05) is 6.54 Å². The predicted molar refractivity (Wildman–Crippen MR) is 73.8 cm³/mol. The third-order valence-electron chi connectivity index (χ3n) is 2.61. The molecule has 2 heterocycles. The van der Waals surface area contributed by atoms with Crippen LogP contribution in [0.4, 0.5) is 0 Å². The third-order valence-corrected chi connectivity index (χ3v) is 2.61. The minimum atomic E-state index is 0.440. The second-order valence-electron chi connectivity index (χ2n) is 4.88. The van der Waals surface area contributed by atoms with Crippen LogP contribution in [-0.2, 0) is 13.2 Å². The van der Waals surface area contributed by atoms with Crippen molar-refractivity contribution in [3.8, 4) is 5.75 Å². The van der Waals surface area contributed by atoms with Gasteiger partial charge in [0.05, 0.1) is 12.0 Å². The molecule has 0 aromatic carbocycles. The molecule has 0 bridgehead atoms. The Morgan fingerprint density at radius 2 is 2.26 bits per heavy atom. The molecule has 4 heteroatoms. The second kappa shape index (κ2) is 6.95. The molecule has 0 saturated carbocycles. The number of pyridine rings is 1. The molecular formula is C15H20N2O2. The topological polar surface area (TPSA) is 47.3 Å². The number of aromatic nitrogens is 1. The molecule has 102 valence electrons. The van der Waals surface area contributed by atoms with E-state index >= 15 is 0 Å². The van der Waals surface area contributed by atoms with Crippen molar-refractivity contribution < 1.29 is 9.15 Å². The molecule has 0 spiro atoms. The van der Waals surface area contributed by atoms with Gasteiger partial charge in [-0.2, -0.15) is 0 Å². The molecule has 4 nitrogen and oxygen atoms in total. The zero-order valence-corrected chi connectivity index (χ0v) is 11.4. The minimum absolute atomic E-state index is 0.440. The molecule has 0 aliphatic rings. The molecule has 2 aromatic rings. The highest BCUT2D eigenvalue weighted by Gasteiger charge is 2.01. The first-order valence-electron chi connectivity index (χ1n) is 6.55. The minimum Gasteiger partial charge on any atom is -0.486 e. The maximum Gasteiger partial charge on any atom is 0.146 e. The van der Waals surface area contributed by atoms with Gasteiger partial charge in [0.15, 0.2) is 0 Å². The summed E-state index contributed by atoms with van der Waals surface area (Å²) >= 11 is 0. The molecule has 2 aromatic heterocycles. The Morgan fingerprint density at radius 1 is 1.37 bits per heavy atom. The zero-order valence-electron chi connectivity index (χ0n) is 11.4. The van der Waals surface area contributed by atoms with Gasteiger partial charge in [-0.25, -0.2) is 0 Å². The molecule has 0 aliphatic heterocycles. The second-order valence-corrected chi connectivity index (χ2v) is 4.88. The molecule has 0 amide bonds. The van der Waals surface area contributed by atoms with E-state index in [1.54, 1.807) is 12.5 Å². The number of nitrogens with one attached hydrogen (secondary N) is 1. The smallest absolute Gasteiger partial charge is 0.146 e. The van der Waals surface area contributed by atoms with Crippen molar-refractivity contribution in [1.82, 2.24) is 10.3 Å². The van der Waals surface area contributed by atoms with Gasteiger partial charge in [-0.15, -0.1) is 0 Å². The summed E-state index contributed by atoms with van der Waals surface area (Å²) in [5.41, 5.74) is 0.984. The average Bonchev–Trinajstić information content (AvgIpc) is 2.89. The van der Waals surface area contributed by atoms with Crippen LogP contribution in [0.25, 0.3) is 0 Å². The van der Waals surface area contributed by atoms with Gasteiger partial charge < -0.3 is 14.5 Å². The average molecular weight is 260 g/mol. The van der Waals surface area contributed by atoms with Gasteiger partial charge in [-0.1, -0.05) is 13.8 Å². The highest BCUT2D eigenvalue weighted by molar-refractivity contribution is 5.22. The van der Waals surface area contributed by atoms with Crippen LogP contribution in [0, 0.1) is 5.92 Å². The number of ether oxygens (including phenoxy) is 1. The van der Waals surface area contributed by atoms with E-state index in [1.165, 1.54) is 0 Å². The van der Waals surface area contributed by atoms with Gasteiger partial charge >= 0.3 is 0 Å². The lowest BCUT2D eigenvalue weighted by Gasteiger charge is -2.08. The molecule has 0 radical (unpaired) electrons. The number of rotatable bonds is 7. The molecule has 19 heavy (non-hydrogen) atoms. The van der Waals surface area contributed by atoms with E-state index in [2.05, 4.69) is 24.1 Å². The van der Waals surface area contributed by atoms with E-state index in [9.17, 15) is 0 Å². The van der Waals surface area contributed by atoms with Crippen molar-refractivity contribution in [2.24, 2.45) is 5.92 Å². The Balaban J connectivity index is 1.84. The first-order valence-corrected chi connectivity index (χ1v) is 6.55. The first kappa shape index (κ1) is 13.6. The number of nitrogens with zero attached hydrogens (tertiary/aromatic N) is 1. The molecule has 0 atom stereocenters. The quantitative estimate of drug-likeness (QED) is 0.831. The van der Waals surface area contributed by atoms with Gasteiger partial charge in [-0.3, -0.25) is 4.98 Å². The lowest BCUT2D eigenvalue weighted by Crippen LogP contribution is -2.19. The Hall–Kier alpha value is -1.81. The van der Waals surface area contributed by atoms with Crippen LogP contribution in [0.5, 0.6) is 5.75 Å². The summed E-state index contributed by atoms with van der Waals surface area (Å²) in [5, 5.41) is 3.36. The van der Waals surface area contributed by atoms with Crippen molar-refractivity contribution >= 4 is 0 Å².